The summed E-state index contributed by atoms with van der Waals surface area (Å²) in [6.45, 7) is 1.00. The molecule has 0 bridgehead atoms. The van der Waals surface area contributed by atoms with Gasteiger partial charge in [0.15, 0.2) is 9.84 Å². The maximum absolute atomic E-state index is 14.1. The first-order valence-corrected chi connectivity index (χ1v) is 13.7. The number of hydrogen-bond acceptors (Lipinski definition) is 7. The van der Waals surface area contributed by atoms with Crippen LogP contribution in [0.25, 0.3) is 22.2 Å². The number of nitriles is 1. The van der Waals surface area contributed by atoms with E-state index in [0.29, 0.717) is 41.2 Å². The standard InChI is InChI=1S/C26H25FN6O3S/c1-37(35,36)22-7-3-2-6-20(22)21-13-30-24-23(21)31-26(32-10-4-5-19(29)15-32)33(25(24)34)14-17-11-18(27)9-8-16(17)12-28/h2-3,6-9,11,13,19,30H,4-5,10,14-15,29H2,1H3/t19-/m1/s1. The first kappa shape index (κ1) is 24.7. The van der Waals surface area contributed by atoms with Gasteiger partial charge < -0.3 is 15.6 Å². The average Bonchev–Trinajstić information content (AvgIpc) is 3.29. The van der Waals surface area contributed by atoms with Gasteiger partial charge in [-0.05, 0) is 42.7 Å². The summed E-state index contributed by atoms with van der Waals surface area (Å²) < 4.78 is 40.4. The first-order valence-electron chi connectivity index (χ1n) is 11.8. The van der Waals surface area contributed by atoms with Crippen LogP contribution < -0.4 is 16.2 Å². The van der Waals surface area contributed by atoms with Crippen molar-refractivity contribution in [1.29, 1.82) is 5.26 Å². The Morgan fingerprint density at radius 1 is 1.24 bits per heavy atom. The van der Waals surface area contributed by atoms with Gasteiger partial charge in [-0.15, -0.1) is 0 Å². The van der Waals surface area contributed by atoms with E-state index in [1.807, 2.05) is 4.90 Å². The Hall–Kier alpha value is -4.01. The molecule has 0 spiro atoms. The SMILES string of the molecule is CS(=O)(=O)c1ccccc1-c1c[nH]c2c(=O)n(Cc3cc(F)ccc3C#N)c(N3CCC[C@@H](N)C3)nc12. The first-order chi connectivity index (χ1) is 17.7. The number of benzene rings is 2. The van der Waals surface area contributed by atoms with Gasteiger partial charge in [0, 0.05) is 42.7 Å². The molecule has 0 unspecified atom stereocenters. The van der Waals surface area contributed by atoms with Crippen LogP contribution in [-0.2, 0) is 16.4 Å². The maximum Gasteiger partial charge on any atom is 0.279 e. The fraction of sp³-hybridized carbons (Fsp3) is 0.269. The van der Waals surface area contributed by atoms with Gasteiger partial charge in [-0.3, -0.25) is 9.36 Å². The van der Waals surface area contributed by atoms with Crippen molar-refractivity contribution in [3.05, 3.63) is 76.0 Å². The van der Waals surface area contributed by atoms with E-state index in [4.69, 9.17) is 10.7 Å². The molecule has 1 atom stereocenters. The van der Waals surface area contributed by atoms with Crippen LogP contribution in [0.4, 0.5) is 10.3 Å². The molecule has 0 aliphatic carbocycles. The molecule has 3 heterocycles. The van der Waals surface area contributed by atoms with E-state index in [-0.39, 0.29) is 28.6 Å². The van der Waals surface area contributed by atoms with E-state index in [2.05, 4.69) is 11.1 Å². The zero-order chi connectivity index (χ0) is 26.3. The molecule has 1 saturated heterocycles. The third kappa shape index (κ3) is 4.61. The third-order valence-corrected chi connectivity index (χ3v) is 7.75. The number of aromatic nitrogens is 3. The van der Waals surface area contributed by atoms with Crippen LogP contribution in [0, 0.1) is 17.1 Å². The van der Waals surface area contributed by atoms with Crippen molar-refractivity contribution in [3.63, 3.8) is 0 Å². The van der Waals surface area contributed by atoms with Crippen molar-refractivity contribution in [3.8, 4) is 17.2 Å². The van der Waals surface area contributed by atoms with Crippen molar-refractivity contribution in [2.24, 2.45) is 5.73 Å². The summed E-state index contributed by atoms with van der Waals surface area (Å²) in [6.07, 6.45) is 4.34. The van der Waals surface area contributed by atoms with Crippen LogP contribution in [0.1, 0.15) is 24.0 Å². The minimum absolute atomic E-state index is 0.0716. The Balaban J connectivity index is 1.76. The number of fused-ring (bicyclic) bond motifs is 1. The largest absolute Gasteiger partial charge is 0.355 e. The minimum atomic E-state index is -3.55. The molecular weight excluding hydrogens is 495 g/mol. The van der Waals surface area contributed by atoms with Gasteiger partial charge >= 0.3 is 0 Å². The molecule has 190 valence electrons. The number of nitrogens with zero attached hydrogens (tertiary/aromatic N) is 4. The highest BCUT2D eigenvalue weighted by molar-refractivity contribution is 7.90. The Labute approximate surface area is 212 Å². The van der Waals surface area contributed by atoms with Crippen LogP contribution in [0.3, 0.4) is 0 Å². The van der Waals surface area contributed by atoms with Crippen LogP contribution in [0.2, 0.25) is 0 Å². The fourth-order valence-electron chi connectivity index (χ4n) is 4.85. The molecule has 11 heteroatoms. The second-order valence-corrected chi connectivity index (χ2v) is 11.2. The zero-order valence-electron chi connectivity index (χ0n) is 20.1. The lowest BCUT2D eigenvalue weighted by molar-refractivity contribution is 0.491. The Kier molecular flexibility index (Phi) is 6.31. The van der Waals surface area contributed by atoms with E-state index in [1.165, 1.54) is 28.8 Å². The number of anilines is 1. The number of aromatic amines is 1. The predicted octanol–water partition coefficient (Wildman–Crippen LogP) is 2.78. The van der Waals surface area contributed by atoms with Gasteiger partial charge in [-0.1, -0.05) is 18.2 Å². The average molecular weight is 521 g/mol. The summed E-state index contributed by atoms with van der Waals surface area (Å²) >= 11 is 0. The predicted molar refractivity (Wildman–Crippen MR) is 139 cm³/mol. The topological polar surface area (TPSA) is 138 Å². The number of rotatable bonds is 5. The van der Waals surface area contributed by atoms with Crippen molar-refractivity contribution in [1.82, 2.24) is 14.5 Å². The van der Waals surface area contributed by atoms with E-state index in [0.717, 1.165) is 19.1 Å². The number of halogens is 1. The summed E-state index contributed by atoms with van der Waals surface area (Å²) in [6, 6.07) is 12.3. The highest BCUT2D eigenvalue weighted by atomic mass is 32.2. The number of piperidine rings is 1. The van der Waals surface area contributed by atoms with Gasteiger partial charge in [0.25, 0.3) is 5.56 Å². The Morgan fingerprint density at radius 3 is 2.76 bits per heavy atom. The summed E-state index contributed by atoms with van der Waals surface area (Å²) in [5.74, 6) is -0.185. The van der Waals surface area contributed by atoms with E-state index >= 15 is 0 Å². The highest BCUT2D eigenvalue weighted by Crippen LogP contribution is 2.33. The number of nitrogens with two attached hydrogens (primary N) is 1. The number of hydrogen-bond donors (Lipinski definition) is 2. The smallest absolute Gasteiger partial charge is 0.279 e. The number of H-pyrrole nitrogens is 1. The van der Waals surface area contributed by atoms with Gasteiger partial charge in [-0.2, -0.15) is 5.26 Å². The van der Waals surface area contributed by atoms with Crippen LogP contribution in [0.5, 0.6) is 0 Å². The number of nitrogens with one attached hydrogen (secondary N) is 1. The zero-order valence-corrected chi connectivity index (χ0v) is 20.9. The van der Waals surface area contributed by atoms with Gasteiger partial charge in [-0.25, -0.2) is 17.8 Å². The van der Waals surface area contributed by atoms with Gasteiger partial charge in [0.05, 0.1) is 23.1 Å². The molecule has 0 amide bonds. The Bertz CT molecular complexity index is 1720. The second kappa shape index (κ2) is 9.46. The van der Waals surface area contributed by atoms with Crippen LogP contribution in [0.15, 0.2) is 58.4 Å². The summed E-state index contributed by atoms with van der Waals surface area (Å²) in [5, 5.41) is 9.54. The molecule has 2 aromatic carbocycles. The molecule has 4 aromatic rings. The quantitative estimate of drug-likeness (QED) is 0.413. The lowest BCUT2D eigenvalue weighted by Crippen LogP contribution is -2.45. The molecule has 37 heavy (non-hydrogen) atoms. The second-order valence-electron chi connectivity index (χ2n) is 9.26. The molecule has 1 fully saturated rings. The minimum Gasteiger partial charge on any atom is -0.355 e. The number of sulfone groups is 1. The molecular formula is C26H25FN6O3S. The summed E-state index contributed by atoms with van der Waals surface area (Å²) in [7, 11) is -3.55. The summed E-state index contributed by atoms with van der Waals surface area (Å²) in [4.78, 5) is 23.7. The molecule has 2 aromatic heterocycles. The molecule has 0 radical (unpaired) electrons. The van der Waals surface area contributed by atoms with Gasteiger partial charge in [0.2, 0.25) is 5.95 Å². The van der Waals surface area contributed by atoms with Crippen molar-refractivity contribution in [2.45, 2.75) is 30.3 Å². The van der Waals surface area contributed by atoms with E-state index in [1.54, 1.807) is 24.4 Å². The maximum atomic E-state index is 14.1. The highest BCUT2D eigenvalue weighted by Gasteiger charge is 2.26. The van der Waals surface area contributed by atoms with Gasteiger partial charge in [0.1, 0.15) is 16.9 Å². The lowest BCUT2D eigenvalue weighted by Gasteiger charge is -2.33. The molecule has 9 nitrogen and oxygen atoms in total. The van der Waals surface area contributed by atoms with Crippen LogP contribution >= 0.6 is 0 Å². The lowest BCUT2D eigenvalue weighted by atomic mass is 10.1. The molecule has 3 N–H and O–H groups in total. The van der Waals surface area contributed by atoms with Crippen molar-refractivity contribution < 1.29 is 12.8 Å². The fourth-order valence-corrected chi connectivity index (χ4v) is 5.75. The van der Waals surface area contributed by atoms with E-state index in [9.17, 15) is 22.9 Å². The Morgan fingerprint density at radius 2 is 2.03 bits per heavy atom. The third-order valence-electron chi connectivity index (χ3n) is 6.60. The molecule has 1 aliphatic rings. The normalized spacial score (nSPS) is 16.2. The molecule has 5 rings (SSSR count). The van der Waals surface area contributed by atoms with Crippen molar-refractivity contribution in [2.75, 3.05) is 24.2 Å². The molecule has 0 saturated carbocycles. The van der Waals surface area contributed by atoms with Crippen LogP contribution in [-0.4, -0.2) is 48.3 Å². The van der Waals surface area contributed by atoms with E-state index < -0.39 is 21.2 Å². The molecule has 1 aliphatic heterocycles. The summed E-state index contributed by atoms with van der Waals surface area (Å²) in [5.41, 5.74) is 7.82. The monoisotopic (exact) mass is 520 g/mol. The van der Waals surface area contributed by atoms with Crippen molar-refractivity contribution >= 4 is 26.8 Å².